The molecule has 0 aliphatic rings. The topological polar surface area (TPSA) is 96.6 Å². The van der Waals surface area contributed by atoms with E-state index >= 15 is 0 Å². The Morgan fingerprint density at radius 3 is 2.65 bits per heavy atom. The molecule has 1 aromatic carbocycles. The molecule has 0 bridgehead atoms. The largest absolute Gasteiger partial charge is 0.337 e. The van der Waals surface area contributed by atoms with Gasteiger partial charge in [-0.05, 0) is 31.0 Å². The molecule has 0 spiro atoms. The molecule has 8 nitrogen and oxygen atoms in total. The van der Waals surface area contributed by atoms with Gasteiger partial charge in [0.1, 0.15) is 6.54 Å². The second-order valence-corrected chi connectivity index (χ2v) is 8.12. The van der Waals surface area contributed by atoms with Crippen LogP contribution in [0.5, 0.6) is 0 Å². The lowest BCUT2D eigenvalue weighted by atomic mass is 10.2. The molecule has 1 heterocycles. The number of sulfonamides is 1. The quantitative estimate of drug-likeness (QED) is 0.692. The molecular formula is C17H24N4O4S. The van der Waals surface area contributed by atoms with Crippen LogP contribution >= 0.6 is 0 Å². The van der Waals surface area contributed by atoms with Crippen LogP contribution in [-0.2, 0) is 27.8 Å². The van der Waals surface area contributed by atoms with Crippen molar-refractivity contribution >= 4 is 21.6 Å². The Balaban J connectivity index is 2.10. The first-order valence-electron chi connectivity index (χ1n) is 8.30. The first-order valence-corrected chi connectivity index (χ1v) is 10.2. The highest BCUT2D eigenvalue weighted by atomic mass is 32.2. The van der Waals surface area contributed by atoms with Gasteiger partial charge in [-0.1, -0.05) is 24.2 Å². The molecule has 0 unspecified atom stereocenters. The second kappa shape index (κ2) is 8.31. The number of aromatic nitrogens is 2. The molecule has 0 saturated heterocycles. The lowest BCUT2D eigenvalue weighted by Gasteiger charge is -2.24. The van der Waals surface area contributed by atoms with Crippen molar-refractivity contribution in [3.63, 3.8) is 0 Å². The zero-order valence-corrected chi connectivity index (χ0v) is 16.3. The van der Waals surface area contributed by atoms with Gasteiger partial charge in [0.05, 0.1) is 18.5 Å². The number of anilines is 1. The third kappa shape index (κ3) is 5.29. The van der Waals surface area contributed by atoms with E-state index < -0.39 is 10.0 Å². The Morgan fingerprint density at radius 2 is 2.04 bits per heavy atom. The summed E-state index contributed by atoms with van der Waals surface area (Å²) in [5.74, 6) is 0.554. The van der Waals surface area contributed by atoms with Gasteiger partial charge in [0.2, 0.25) is 21.8 Å². The van der Waals surface area contributed by atoms with Crippen molar-refractivity contribution in [2.75, 3.05) is 24.2 Å². The Labute approximate surface area is 153 Å². The minimum atomic E-state index is -3.60. The molecule has 0 aliphatic heterocycles. The smallest absolute Gasteiger partial charge is 0.246 e. The second-order valence-electron chi connectivity index (χ2n) is 6.21. The predicted octanol–water partition coefficient (Wildman–Crippen LogP) is 1.76. The number of carbonyl (C=O) groups is 1. The third-order valence-electron chi connectivity index (χ3n) is 3.75. The van der Waals surface area contributed by atoms with Crippen LogP contribution in [0.15, 0.2) is 28.8 Å². The van der Waals surface area contributed by atoms with Crippen LogP contribution in [0.4, 0.5) is 5.69 Å². The molecule has 0 fully saturated rings. The van der Waals surface area contributed by atoms with E-state index in [4.69, 9.17) is 4.52 Å². The Bertz CT molecular complexity index is 863. The van der Waals surface area contributed by atoms with Gasteiger partial charge in [-0.3, -0.25) is 9.10 Å². The van der Waals surface area contributed by atoms with Crippen LogP contribution < -0.4 is 4.31 Å². The number of hydrogen-bond acceptors (Lipinski definition) is 6. The van der Waals surface area contributed by atoms with Crippen molar-refractivity contribution in [3.8, 4) is 0 Å². The van der Waals surface area contributed by atoms with E-state index in [9.17, 15) is 13.2 Å². The van der Waals surface area contributed by atoms with Crippen LogP contribution in [0, 0.1) is 6.92 Å². The van der Waals surface area contributed by atoms with Crippen molar-refractivity contribution in [1.29, 1.82) is 0 Å². The van der Waals surface area contributed by atoms with Gasteiger partial charge in [0.25, 0.3) is 0 Å². The fraction of sp³-hybridized carbons (Fsp3) is 0.471. The summed E-state index contributed by atoms with van der Waals surface area (Å²) in [6.45, 7) is 3.70. The van der Waals surface area contributed by atoms with Crippen molar-refractivity contribution < 1.29 is 17.7 Å². The standard InChI is InChI=1S/C17H24N4O4S/c1-5-7-15-18-16(25-19-15)11-20(3)17(22)12-21(26(4,23)24)14-9-6-8-13(2)10-14/h6,8-10H,5,7,11-12H2,1-4H3. The van der Waals surface area contributed by atoms with Crippen LogP contribution in [0.3, 0.4) is 0 Å². The fourth-order valence-electron chi connectivity index (χ4n) is 2.40. The zero-order valence-electron chi connectivity index (χ0n) is 15.5. The Hall–Kier alpha value is -2.42. The maximum atomic E-state index is 12.5. The van der Waals surface area contributed by atoms with E-state index in [1.54, 1.807) is 25.2 Å². The molecule has 2 aromatic rings. The average molecular weight is 380 g/mol. The minimum absolute atomic E-state index is 0.126. The van der Waals surface area contributed by atoms with Crippen LogP contribution in [0.1, 0.15) is 30.6 Å². The molecule has 2 rings (SSSR count). The molecule has 0 N–H and O–H groups in total. The van der Waals surface area contributed by atoms with Gasteiger partial charge in [0, 0.05) is 13.5 Å². The van der Waals surface area contributed by atoms with Crippen molar-refractivity contribution in [3.05, 3.63) is 41.5 Å². The normalized spacial score (nSPS) is 11.4. The van der Waals surface area contributed by atoms with Crippen molar-refractivity contribution in [1.82, 2.24) is 15.0 Å². The van der Waals surface area contributed by atoms with Gasteiger partial charge in [0.15, 0.2) is 5.82 Å². The summed E-state index contributed by atoms with van der Waals surface area (Å²) in [5.41, 5.74) is 1.36. The highest BCUT2D eigenvalue weighted by Crippen LogP contribution is 2.19. The summed E-state index contributed by atoms with van der Waals surface area (Å²) in [5, 5.41) is 3.85. The van der Waals surface area contributed by atoms with Gasteiger partial charge >= 0.3 is 0 Å². The first kappa shape index (κ1) is 19.9. The SMILES string of the molecule is CCCc1noc(CN(C)C(=O)CN(c2cccc(C)c2)S(C)(=O)=O)n1. The number of aryl methyl sites for hydroxylation is 2. The van der Waals surface area contributed by atoms with Crippen molar-refractivity contribution in [2.24, 2.45) is 0 Å². The summed E-state index contributed by atoms with van der Waals surface area (Å²) < 4.78 is 30.5. The molecule has 26 heavy (non-hydrogen) atoms. The molecule has 0 radical (unpaired) electrons. The number of rotatable bonds is 8. The summed E-state index contributed by atoms with van der Waals surface area (Å²) in [7, 11) is -2.03. The molecule has 0 saturated carbocycles. The van der Waals surface area contributed by atoms with Gasteiger partial charge in [-0.25, -0.2) is 8.42 Å². The molecular weight excluding hydrogens is 356 g/mol. The van der Waals surface area contributed by atoms with E-state index in [1.165, 1.54) is 4.90 Å². The lowest BCUT2D eigenvalue weighted by molar-refractivity contribution is -0.129. The highest BCUT2D eigenvalue weighted by molar-refractivity contribution is 7.92. The highest BCUT2D eigenvalue weighted by Gasteiger charge is 2.23. The van der Waals surface area contributed by atoms with E-state index in [-0.39, 0.29) is 19.0 Å². The summed E-state index contributed by atoms with van der Waals surface area (Å²) in [6, 6.07) is 7.01. The summed E-state index contributed by atoms with van der Waals surface area (Å²) >= 11 is 0. The van der Waals surface area contributed by atoms with Gasteiger partial charge < -0.3 is 9.42 Å². The van der Waals surface area contributed by atoms with Crippen LogP contribution in [0.2, 0.25) is 0 Å². The summed E-state index contributed by atoms with van der Waals surface area (Å²) in [6.07, 6.45) is 2.68. The molecule has 0 atom stereocenters. The van der Waals surface area contributed by atoms with E-state index in [0.717, 1.165) is 22.5 Å². The van der Waals surface area contributed by atoms with E-state index in [0.29, 0.717) is 23.8 Å². The van der Waals surface area contributed by atoms with Gasteiger partial charge in [-0.2, -0.15) is 4.98 Å². The first-order chi connectivity index (χ1) is 12.2. The minimum Gasteiger partial charge on any atom is -0.337 e. The molecule has 9 heteroatoms. The molecule has 0 aliphatic carbocycles. The Morgan fingerprint density at radius 1 is 1.31 bits per heavy atom. The number of hydrogen-bond donors (Lipinski definition) is 0. The molecule has 1 amide bonds. The maximum absolute atomic E-state index is 12.5. The third-order valence-corrected chi connectivity index (χ3v) is 4.89. The number of benzene rings is 1. The van der Waals surface area contributed by atoms with E-state index in [1.807, 2.05) is 19.9 Å². The monoisotopic (exact) mass is 380 g/mol. The zero-order chi connectivity index (χ0) is 19.3. The lowest BCUT2D eigenvalue weighted by Crippen LogP contribution is -2.41. The molecule has 142 valence electrons. The van der Waals surface area contributed by atoms with Gasteiger partial charge in [-0.15, -0.1) is 0 Å². The number of amides is 1. The van der Waals surface area contributed by atoms with Crippen molar-refractivity contribution in [2.45, 2.75) is 33.2 Å². The summed E-state index contributed by atoms with van der Waals surface area (Å²) in [4.78, 5) is 18.1. The number of likely N-dealkylation sites (N-methyl/N-ethyl adjacent to an activating group) is 1. The van der Waals surface area contributed by atoms with Crippen LogP contribution in [-0.4, -0.2) is 49.2 Å². The van der Waals surface area contributed by atoms with E-state index in [2.05, 4.69) is 10.1 Å². The number of nitrogens with zero attached hydrogens (tertiary/aromatic N) is 4. The predicted molar refractivity (Wildman–Crippen MR) is 98.1 cm³/mol. The average Bonchev–Trinajstić information content (AvgIpc) is 2.98. The number of carbonyl (C=O) groups excluding carboxylic acids is 1. The van der Waals surface area contributed by atoms with Crippen LogP contribution in [0.25, 0.3) is 0 Å². The Kier molecular flexibility index (Phi) is 6.36. The fourth-order valence-corrected chi connectivity index (χ4v) is 3.24. The molecule has 1 aromatic heterocycles. The maximum Gasteiger partial charge on any atom is 0.246 e.